The molecule has 0 saturated carbocycles. The van der Waals surface area contributed by atoms with Crippen molar-refractivity contribution in [2.75, 3.05) is 13.2 Å². The fourth-order valence-corrected chi connectivity index (χ4v) is 3.92. The molecule has 0 saturated heterocycles. The van der Waals surface area contributed by atoms with E-state index in [9.17, 15) is 14.7 Å². The molecular weight excluding hydrogens is 410 g/mol. The van der Waals surface area contributed by atoms with Gasteiger partial charge in [0.05, 0.1) is 17.5 Å². The summed E-state index contributed by atoms with van der Waals surface area (Å²) in [5.41, 5.74) is 1.54. The standard InChI is InChI=1S/C24H27N3O5/c1-24(2)13-19(29)23-18(28)11-15(12-20(23)32-24)31-14-22(30)25-10-6-9-21-26-16-7-4-5-8-17(16)27(21)3/h4-5,7-8,11-12,28H,6,9-10,13-14H2,1-3H3,(H,25,30). The minimum atomic E-state index is -0.661. The van der Waals surface area contributed by atoms with Crippen LogP contribution in [-0.4, -0.2) is 45.1 Å². The summed E-state index contributed by atoms with van der Waals surface area (Å²) < 4.78 is 13.4. The first-order valence-corrected chi connectivity index (χ1v) is 10.6. The second-order valence-electron chi connectivity index (χ2n) is 8.60. The molecule has 2 aromatic carbocycles. The van der Waals surface area contributed by atoms with Crippen LogP contribution in [0.3, 0.4) is 0 Å². The Hall–Kier alpha value is -3.55. The van der Waals surface area contributed by atoms with Crippen molar-refractivity contribution in [1.82, 2.24) is 14.9 Å². The van der Waals surface area contributed by atoms with Gasteiger partial charge in [0.25, 0.3) is 5.91 Å². The first-order chi connectivity index (χ1) is 15.2. The van der Waals surface area contributed by atoms with Crippen LogP contribution in [0.2, 0.25) is 0 Å². The summed E-state index contributed by atoms with van der Waals surface area (Å²) in [4.78, 5) is 29.1. The Balaban J connectivity index is 1.27. The Morgan fingerprint density at radius 2 is 2.09 bits per heavy atom. The largest absolute Gasteiger partial charge is 0.507 e. The molecule has 0 atom stereocenters. The van der Waals surface area contributed by atoms with Crippen LogP contribution < -0.4 is 14.8 Å². The maximum atomic E-state index is 12.3. The smallest absolute Gasteiger partial charge is 0.257 e. The van der Waals surface area contributed by atoms with E-state index in [4.69, 9.17) is 9.47 Å². The van der Waals surface area contributed by atoms with Gasteiger partial charge in [0, 0.05) is 32.1 Å². The predicted octanol–water partition coefficient (Wildman–Crippen LogP) is 3.15. The van der Waals surface area contributed by atoms with E-state index >= 15 is 0 Å². The molecular formula is C24H27N3O5. The molecule has 4 rings (SSSR count). The minimum absolute atomic E-state index is 0.156. The number of carbonyl (C=O) groups is 2. The van der Waals surface area contributed by atoms with Crippen LogP contribution in [-0.2, 0) is 18.3 Å². The van der Waals surface area contributed by atoms with Crippen LogP contribution in [0.5, 0.6) is 17.2 Å². The van der Waals surface area contributed by atoms with E-state index in [-0.39, 0.29) is 47.5 Å². The lowest BCUT2D eigenvalue weighted by Crippen LogP contribution is -2.36. The summed E-state index contributed by atoms with van der Waals surface area (Å²) in [6.45, 7) is 3.90. The molecule has 0 bridgehead atoms. The van der Waals surface area contributed by atoms with E-state index in [1.807, 2.05) is 31.3 Å². The van der Waals surface area contributed by atoms with Crippen molar-refractivity contribution in [2.45, 2.75) is 38.7 Å². The number of nitrogens with zero attached hydrogens (tertiary/aromatic N) is 2. The third-order valence-electron chi connectivity index (χ3n) is 5.46. The number of Topliss-reactive ketones (excluding diaryl/α,β-unsaturated/α-hetero) is 1. The SMILES string of the molecule is Cn1c(CCCNC(=O)COc2cc(O)c3c(c2)OC(C)(C)CC3=O)nc2ccccc21. The van der Waals surface area contributed by atoms with E-state index in [0.29, 0.717) is 6.54 Å². The van der Waals surface area contributed by atoms with Gasteiger partial charge in [-0.05, 0) is 32.4 Å². The number of ether oxygens (including phenoxy) is 2. The molecule has 0 fully saturated rings. The van der Waals surface area contributed by atoms with E-state index in [1.54, 1.807) is 13.8 Å². The van der Waals surface area contributed by atoms with Gasteiger partial charge in [-0.15, -0.1) is 0 Å². The number of aromatic nitrogens is 2. The van der Waals surface area contributed by atoms with Crippen molar-refractivity contribution in [1.29, 1.82) is 0 Å². The number of phenols is 1. The number of ketones is 1. The van der Waals surface area contributed by atoms with Gasteiger partial charge in [0.2, 0.25) is 0 Å². The topological polar surface area (TPSA) is 103 Å². The van der Waals surface area contributed by atoms with Gasteiger partial charge >= 0.3 is 0 Å². The molecule has 1 amide bonds. The molecule has 1 aromatic heterocycles. The van der Waals surface area contributed by atoms with Crippen LogP contribution in [0.1, 0.15) is 42.9 Å². The molecule has 0 spiro atoms. The zero-order valence-corrected chi connectivity index (χ0v) is 18.5. The van der Waals surface area contributed by atoms with Gasteiger partial charge in [-0.2, -0.15) is 0 Å². The highest BCUT2D eigenvalue weighted by Gasteiger charge is 2.35. The van der Waals surface area contributed by atoms with Crippen LogP contribution in [0.25, 0.3) is 11.0 Å². The van der Waals surface area contributed by atoms with Gasteiger partial charge in [-0.25, -0.2) is 4.98 Å². The average molecular weight is 437 g/mol. The molecule has 8 heteroatoms. The van der Waals surface area contributed by atoms with E-state index < -0.39 is 5.60 Å². The lowest BCUT2D eigenvalue weighted by atomic mass is 9.92. The highest BCUT2D eigenvalue weighted by Crippen LogP contribution is 2.40. The van der Waals surface area contributed by atoms with Crippen LogP contribution in [0, 0.1) is 0 Å². The number of rotatable bonds is 7. The number of phenolic OH excluding ortho intramolecular Hbond substituents is 1. The summed E-state index contributed by atoms with van der Waals surface area (Å²) in [5, 5.41) is 13.0. The molecule has 2 heterocycles. The molecule has 0 radical (unpaired) electrons. The van der Waals surface area contributed by atoms with Gasteiger partial charge in [0.15, 0.2) is 12.4 Å². The van der Waals surface area contributed by atoms with Crippen LogP contribution in [0.4, 0.5) is 0 Å². The minimum Gasteiger partial charge on any atom is -0.507 e. The van der Waals surface area contributed by atoms with Gasteiger partial charge in [-0.1, -0.05) is 12.1 Å². The van der Waals surface area contributed by atoms with E-state index in [1.165, 1.54) is 12.1 Å². The zero-order chi connectivity index (χ0) is 22.9. The number of aryl methyl sites for hydroxylation is 2. The van der Waals surface area contributed by atoms with Crippen molar-refractivity contribution >= 4 is 22.7 Å². The highest BCUT2D eigenvalue weighted by molar-refractivity contribution is 6.03. The molecule has 0 unspecified atom stereocenters. The number of carbonyl (C=O) groups excluding carboxylic acids is 2. The van der Waals surface area contributed by atoms with E-state index in [0.717, 1.165) is 29.7 Å². The number of hydrogen-bond acceptors (Lipinski definition) is 6. The molecule has 0 aliphatic carbocycles. The Kier molecular flexibility index (Phi) is 5.78. The van der Waals surface area contributed by atoms with Crippen molar-refractivity contribution in [2.24, 2.45) is 7.05 Å². The zero-order valence-electron chi connectivity index (χ0n) is 18.5. The van der Waals surface area contributed by atoms with Crippen molar-refractivity contribution < 1.29 is 24.2 Å². The first-order valence-electron chi connectivity index (χ1n) is 10.6. The number of aromatic hydroxyl groups is 1. The second kappa shape index (κ2) is 8.53. The van der Waals surface area contributed by atoms with Gasteiger partial charge in [0.1, 0.15) is 34.2 Å². The third-order valence-corrected chi connectivity index (χ3v) is 5.46. The second-order valence-corrected chi connectivity index (χ2v) is 8.60. The first kappa shape index (κ1) is 21.7. The van der Waals surface area contributed by atoms with Crippen LogP contribution in [0.15, 0.2) is 36.4 Å². The number of hydrogen-bond donors (Lipinski definition) is 2. The van der Waals surface area contributed by atoms with Crippen molar-refractivity contribution in [3.63, 3.8) is 0 Å². The predicted molar refractivity (Wildman–Crippen MR) is 119 cm³/mol. The molecule has 1 aliphatic rings. The summed E-state index contributed by atoms with van der Waals surface area (Å²) >= 11 is 0. The van der Waals surface area contributed by atoms with Crippen molar-refractivity contribution in [3.05, 3.63) is 47.8 Å². The summed E-state index contributed by atoms with van der Waals surface area (Å²) in [7, 11) is 1.99. The number of amides is 1. The highest BCUT2D eigenvalue weighted by atomic mass is 16.5. The molecule has 8 nitrogen and oxygen atoms in total. The Morgan fingerprint density at radius 1 is 1.31 bits per heavy atom. The molecule has 3 aromatic rings. The summed E-state index contributed by atoms with van der Waals surface area (Å²) in [6.07, 6.45) is 1.67. The number of benzene rings is 2. The van der Waals surface area contributed by atoms with Crippen LogP contribution >= 0.6 is 0 Å². The average Bonchev–Trinajstić information content (AvgIpc) is 3.04. The maximum absolute atomic E-state index is 12.3. The quantitative estimate of drug-likeness (QED) is 0.551. The van der Waals surface area contributed by atoms with E-state index in [2.05, 4.69) is 14.9 Å². The fraction of sp³-hybridized carbons (Fsp3) is 0.375. The summed E-state index contributed by atoms with van der Waals surface area (Å²) in [5.74, 6) is 0.841. The van der Waals surface area contributed by atoms with Crippen molar-refractivity contribution in [3.8, 4) is 17.2 Å². The molecule has 168 valence electrons. The number of fused-ring (bicyclic) bond motifs is 2. The molecule has 1 aliphatic heterocycles. The fourth-order valence-electron chi connectivity index (χ4n) is 3.92. The number of imidazole rings is 1. The Labute approximate surface area is 186 Å². The molecule has 2 N–H and O–H groups in total. The van der Waals surface area contributed by atoms with Gasteiger partial charge < -0.3 is 24.5 Å². The summed E-state index contributed by atoms with van der Waals surface area (Å²) in [6, 6.07) is 10.8. The Bertz CT molecular complexity index is 1180. The lowest BCUT2D eigenvalue weighted by Gasteiger charge is -2.32. The lowest BCUT2D eigenvalue weighted by molar-refractivity contribution is -0.123. The normalized spacial score (nSPS) is 14.7. The third kappa shape index (κ3) is 4.54. The number of para-hydroxylation sites is 2. The number of nitrogens with one attached hydrogen (secondary N) is 1. The molecule has 32 heavy (non-hydrogen) atoms. The maximum Gasteiger partial charge on any atom is 0.257 e. The monoisotopic (exact) mass is 437 g/mol. The van der Waals surface area contributed by atoms with Gasteiger partial charge in [-0.3, -0.25) is 9.59 Å². The Morgan fingerprint density at radius 3 is 2.88 bits per heavy atom.